The van der Waals surface area contributed by atoms with Gasteiger partial charge in [0.1, 0.15) is 0 Å². The molecule has 0 bridgehead atoms. The summed E-state index contributed by atoms with van der Waals surface area (Å²) in [5, 5.41) is 0. The molecule has 56 valence electrons. The van der Waals surface area contributed by atoms with Crippen molar-refractivity contribution < 1.29 is 9.09 Å². The first kappa shape index (κ1) is 9.15. The van der Waals surface area contributed by atoms with Crippen LogP contribution in [0.15, 0.2) is 0 Å². The Kier molecular flexibility index (Phi) is 4.11. The molecule has 0 aliphatic carbocycles. The largest absolute Gasteiger partial charge is 0.330 e. The van der Waals surface area contributed by atoms with Gasteiger partial charge in [0.25, 0.3) is 0 Å². The molecule has 0 amide bonds. The van der Waals surface area contributed by atoms with Gasteiger partial charge >= 0.3 is 0 Å². The van der Waals surface area contributed by atoms with Crippen molar-refractivity contribution >= 4 is 7.37 Å². The lowest BCUT2D eigenvalue weighted by atomic mass is 10.5. The molecule has 0 aromatic rings. The molecule has 0 aliphatic heterocycles. The zero-order valence-electron chi connectivity index (χ0n) is 5.96. The van der Waals surface area contributed by atoms with Crippen LogP contribution in [0, 0.1) is 0 Å². The smallest absolute Gasteiger partial charge is 0.197 e. The van der Waals surface area contributed by atoms with E-state index in [2.05, 4.69) is 0 Å². The number of nitrogens with two attached hydrogens (primary N) is 1. The molecule has 0 radical (unpaired) electrons. The third kappa shape index (κ3) is 8.15. The van der Waals surface area contributed by atoms with Crippen LogP contribution in [0.2, 0.25) is 0 Å². The average Bonchev–Trinajstić information content (AvgIpc) is 1.63. The molecule has 2 N–H and O–H groups in total. The maximum atomic E-state index is 10.8. The molecule has 0 unspecified atom stereocenters. The Labute approximate surface area is 56.0 Å². The fourth-order valence-electron chi connectivity index (χ4n) is 0.368. The summed E-state index contributed by atoms with van der Waals surface area (Å²) >= 11 is 0. The van der Waals surface area contributed by atoms with E-state index in [1.54, 1.807) is 13.3 Å². The van der Waals surface area contributed by atoms with Crippen LogP contribution in [-0.2, 0) is 9.09 Å². The number of hydrogen-bond donors (Lipinski definition) is 1. The lowest BCUT2D eigenvalue weighted by molar-refractivity contribution is 0.317. The minimum Gasteiger partial charge on any atom is -0.330 e. The van der Waals surface area contributed by atoms with E-state index in [-0.39, 0.29) is 0 Å². The van der Waals surface area contributed by atoms with Gasteiger partial charge in [0.2, 0.25) is 0 Å². The van der Waals surface area contributed by atoms with E-state index in [0.717, 1.165) is 6.42 Å². The molecule has 0 aromatic carbocycles. The van der Waals surface area contributed by atoms with E-state index in [0.29, 0.717) is 13.2 Å². The van der Waals surface area contributed by atoms with Crippen LogP contribution < -0.4 is 5.73 Å². The summed E-state index contributed by atoms with van der Waals surface area (Å²) in [4.78, 5) is 0. The maximum Gasteiger partial charge on any atom is 0.197 e. The van der Waals surface area contributed by atoms with Crippen molar-refractivity contribution in [3.05, 3.63) is 0 Å². The molecule has 0 fully saturated rings. The first-order valence-corrected chi connectivity index (χ1v) is 5.48. The van der Waals surface area contributed by atoms with Gasteiger partial charge in [-0.3, -0.25) is 4.57 Å². The van der Waals surface area contributed by atoms with Gasteiger partial charge < -0.3 is 10.3 Å². The van der Waals surface area contributed by atoms with Crippen LogP contribution in [0.1, 0.15) is 6.42 Å². The molecule has 0 saturated heterocycles. The highest BCUT2D eigenvalue weighted by molar-refractivity contribution is 7.57. The van der Waals surface area contributed by atoms with Gasteiger partial charge in [0, 0.05) is 13.3 Å². The quantitative estimate of drug-likeness (QED) is 0.479. The summed E-state index contributed by atoms with van der Waals surface area (Å²) in [7, 11) is -2.25. The highest BCUT2D eigenvalue weighted by atomic mass is 31.2. The van der Waals surface area contributed by atoms with Gasteiger partial charge in [0.15, 0.2) is 7.37 Å². The minimum absolute atomic E-state index is 0.515. The fraction of sp³-hybridized carbons (Fsp3) is 1.00. The van der Waals surface area contributed by atoms with E-state index in [1.807, 2.05) is 0 Å². The lowest BCUT2D eigenvalue weighted by Gasteiger charge is -2.05. The van der Waals surface area contributed by atoms with Gasteiger partial charge in [-0.05, 0) is 13.0 Å². The summed E-state index contributed by atoms with van der Waals surface area (Å²) < 4.78 is 15.8. The summed E-state index contributed by atoms with van der Waals surface area (Å²) in [6, 6.07) is 0. The Hall–Kier alpha value is 0.150. The molecule has 0 aliphatic rings. The second-order valence-electron chi connectivity index (χ2n) is 2.23. The van der Waals surface area contributed by atoms with E-state index < -0.39 is 7.37 Å². The van der Waals surface area contributed by atoms with Gasteiger partial charge in [-0.2, -0.15) is 0 Å². The normalized spacial score (nSPS) is 11.9. The molecule has 0 atom stereocenters. The average molecular weight is 151 g/mol. The molecule has 0 saturated carbocycles. The Bertz CT molecular complexity index is 110. The standard InChI is InChI=1S/C5H14NO2P/c1-9(2,7)8-5-3-4-6/h3-6H2,1-2H3. The molecule has 0 aromatic heterocycles. The van der Waals surface area contributed by atoms with Gasteiger partial charge in [-0.1, -0.05) is 0 Å². The van der Waals surface area contributed by atoms with Crippen molar-refractivity contribution in [1.29, 1.82) is 0 Å². The van der Waals surface area contributed by atoms with Crippen LogP contribution in [0.4, 0.5) is 0 Å². The Morgan fingerprint density at radius 3 is 2.44 bits per heavy atom. The fourth-order valence-corrected chi connectivity index (χ4v) is 0.937. The van der Waals surface area contributed by atoms with Crippen LogP contribution >= 0.6 is 7.37 Å². The summed E-state index contributed by atoms with van der Waals surface area (Å²) in [6.07, 6.45) is 0.783. The predicted octanol–water partition coefficient (Wildman–Crippen LogP) is 0.889. The third-order valence-electron chi connectivity index (χ3n) is 0.751. The Balaban J connectivity index is 3.18. The van der Waals surface area contributed by atoms with Crippen molar-refractivity contribution in [2.45, 2.75) is 6.42 Å². The van der Waals surface area contributed by atoms with Crippen molar-refractivity contribution in [1.82, 2.24) is 0 Å². The SMILES string of the molecule is CP(C)(=O)OCCCN. The molecular weight excluding hydrogens is 137 g/mol. The van der Waals surface area contributed by atoms with E-state index in [1.165, 1.54) is 0 Å². The first-order valence-electron chi connectivity index (χ1n) is 2.96. The van der Waals surface area contributed by atoms with Crippen LogP contribution in [-0.4, -0.2) is 26.5 Å². The molecule has 3 nitrogen and oxygen atoms in total. The zero-order valence-corrected chi connectivity index (χ0v) is 6.86. The molecule has 0 spiro atoms. The van der Waals surface area contributed by atoms with E-state index >= 15 is 0 Å². The highest BCUT2D eigenvalue weighted by Gasteiger charge is 2.04. The van der Waals surface area contributed by atoms with Crippen molar-refractivity contribution in [2.24, 2.45) is 5.73 Å². The predicted molar refractivity (Wildman–Crippen MR) is 39.1 cm³/mol. The first-order chi connectivity index (χ1) is 4.06. The number of rotatable bonds is 4. The zero-order chi connectivity index (χ0) is 7.33. The van der Waals surface area contributed by atoms with Crippen molar-refractivity contribution in [3.8, 4) is 0 Å². The number of hydrogen-bond acceptors (Lipinski definition) is 3. The second-order valence-corrected chi connectivity index (χ2v) is 4.99. The molecule has 9 heavy (non-hydrogen) atoms. The topological polar surface area (TPSA) is 52.3 Å². The van der Waals surface area contributed by atoms with E-state index in [9.17, 15) is 4.57 Å². The maximum absolute atomic E-state index is 10.8. The van der Waals surface area contributed by atoms with Gasteiger partial charge in [-0.15, -0.1) is 0 Å². The second kappa shape index (κ2) is 4.04. The van der Waals surface area contributed by atoms with Crippen molar-refractivity contribution in [3.63, 3.8) is 0 Å². The van der Waals surface area contributed by atoms with E-state index in [4.69, 9.17) is 10.3 Å². The Morgan fingerprint density at radius 2 is 2.11 bits per heavy atom. The summed E-state index contributed by atoms with van der Waals surface area (Å²) in [6.45, 7) is 4.31. The van der Waals surface area contributed by atoms with Crippen LogP contribution in [0.3, 0.4) is 0 Å². The van der Waals surface area contributed by atoms with Crippen LogP contribution in [0.5, 0.6) is 0 Å². The Morgan fingerprint density at radius 1 is 1.56 bits per heavy atom. The molecule has 4 heteroatoms. The molecule has 0 rings (SSSR count). The van der Waals surface area contributed by atoms with Gasteiger partial charge in [-0.25, -0.2) is 0 Å². The van der Waals surface area contributed by atoms with Crippen molar-refractivity contribution in [2.75, 3.05) is 26.5 Å². The third-order valence-corrected chi connectivity index (χ3v) is 1.56. The highest BCUT2D eigenvalue weighted by Crippen LogP contribution is 2.36. The molecule has 0 heterocycles. The van der Waals surface area contributed by atoms with Crippen LogP contribution in [0.25, 0.3) is 0 Å². The monoisotopic (exact) mass is 151 g/mol. The summed E-state index contributed by atoms with van der Waals surface area (Å²) in [5.41, 5.74) is 5.19. The van der Waals surface area contributed by atoms with Gasteiger partial charge in [0.05, 0.1) is 6.61 Å². The summed E-state index contributed by atoms with van der Waals surface area (Å²) in [5.74, 6) is 0. The molecular formula is C5H14NO2P. The lowest BCUT2D eigenvalue weighted by Crippen LogP contribution is -2.02. The minimum atomic E-state index is -2.25.